The Morgan fingerprint density at radius 2 is 2.11 bits per heavy atom. The van der Waals surface area contributed by atoms with Gasteiger partial charge >= 0.3 is 0 Å². The number of rotatable bonds is 4. The molecule has 0 saturated carbocycles. The Morgan fingerprint density at radius 3 is 2.74 bits per heavy atom. The van der Waals surface area contributed by atoms with Gasteiger partial charge in [0, 0.05) is 16.8 Å². The molecule has 0 atom stereocenters. The summed E-state index contributed by atoms with van der Waals surface area (Å²) in [4.78, 5) is 11.3. The highest BCUT2D eigenvalue weighted by molar-refractivity contribution is 5.95. The summed E-state index contributed by atoms with van der Waals surface area (Å²) in [6.07, 6.45) is 0. The molecule has 0 aliphatic carbocycles. The lowest BCUT2D eigenvalue weighted by atomic mass is 10.0. The summed E-state index contributed by atoms with van der Waals surface area (Å²) < 4.78 is 1.74. The molecule has 100 valence electrons. The van der Waals surface area contributed by atoms with Crippen LogP contribution in [0, 0.1) is 13.8 Å². The molecule has 0 aliphatic heterocycles. The molecule has 0 unspecified atom stereocenters. The fourth-order valence-electron chi connectivity index (χ4n) is 2.02. The highest BCUT2D eigenvalue weighted by Crippen LogP contribution is 2.22. The minimum atomic E-state index is -0.439. The fourth-order valence-corrected chi connectivity index (χ4v) is 2.02. The summed E-state index contributed by atoms with van der Waals surface area (Å²) in [5.41, 5.74) is 9.28. The molecule has 5 heteroatoms. The second kappa shape index (κ2) is 5.24. The van der Waals surface area contributed by atoms with Crippen LogP contribution in [0.15, 0.2) is 24.3 Å². The van der Waals surface area contributed by atoms with E-state index in [-0.39, 0.29) is 6.61 Å². The average Bonchev–Trinajstić information content (AvgIpc) is 2.72. The van der Waals surface area contributed by atoms with Gasteiger partial charge in [0.2, 0.25) is 5.91 Å². The molecule has 1 heterocycles. The molecule has 1 amide bonds. The smallest absolute Gasteiger partial charge is 0.248 e. The first-order chi connectivity index (χ1) is 9.02. The predicted molar refractivity (Wildman–Crippen MR) is 72.7 cm³/mol. The van der Waals surface area contributed by atoms with Gasteiger partial charge in [-0.1, -0.05) is 12.1 Å². The van der Waals surface area contributed by atoms with Crippen molar-refractivity contribution in [3.63, 3.8) is 0 Å². The highest BCUT2D eigenvalue weighted by atomic mass is 16.3. The van der Waals surface area contributed by atoms with Crippen molar-refractivity contribution < 1.29 is 9.90 Å². The van der Waals surface area contributed by atoms with E-state index in [4.69, 9.17) is 10.8 Å². The number of nitrogens with two attached hydrogens (primary N) is 1. The zero-order valence-electron chi connectivity index (χ0n) is 11.1. The van der Waals surface area contributed by atoms with Crippen LogP contribution < -0.4 is 5.73 Å². The van der Waals surface area contributed by atoms with Gasteiger partial charge in [-0.25, -0.2) is 0 Å². The summed E-state index contributed by atoms with van der Waals surface area (Å²) in [7, 11) is 0. The predicted octanol–water partition coefficient (Wildman–Crippen LogP) is 1.26. The van der Waals surface area contributed by atoms with Crippen LogP contribution in [0.2, 0.25) is 0 Å². The summed E-state index contributed by atoms with van der Waals surface area (Å²) in [5, 5.41) is 13.4. The number of carbonyl (C=O) groups is 1. The van der Waals surface area contributed by atoms with Gasteiger partial charge in [0.05, 0.1) is 18.8 Å². The zero-order valence-corrected chi connectivity index (χ0v) is 11.1. The van der Waals surface area contributed by atoms with E-state index < -0.39 is 5.91 Å². The summed E-state index contributed by atoms with van der Waals surface area (Å²) in [6.45, 7) is 4.28. The molecule has 2 aromatic rings. The van der Waals surface area contributed by atoms with Gasteiger partial charge in [0.1, 0.15) is 0 Å². The van der Waals surface area contributed by atoms with Gasteiger partial charge in [-0.15, -0.1) is 0 Å². The molecule has 5 nitrogen and oxygen atoms in total. The molecule has 0 radical (unpaired) electrons. The van der Waals surface area contributed by atoms with Crippen LogP contribution in [0.3, 0.4) is 0 Å². The number of hydrogen-bond acceptors (Lipinski definition) is 3. The van der Waals surface area contributed by atoms with Crippen molar-refractivity contribution in [2.24, 2.45) is 5.73 Å². The van der Waals surface area contributed by atoms with Crippen LogP contribution in [0.25, 0.3) is 11.3 Å². The highest BCUT2D eigenvalue weighted by Gasteiger charge is 2.10. The number of nitrogens with zero attached hydrogens (tertiary/aromatic N) is 2. The third-order valence-corrected chi connectivity index (χ3v) is 3.09. The van der Waals surface area contributed by atoms with E-state index >= 15 is 0 Å². The molecular formula is C14H17N3O2. The Bertz CT molecular complexity index is 617. The van der Waals surface area contributed by atoms with Gasteiger partial charge in [0.25, 0.3) is 0 Å². The maximum Gasteiger partial charge on any atom is 0.248 e. The summed E-state index contributed by atoms with van der Waals surface area (Å²) in [5.74, 6) is -0.439. The summed E-state index contributed by atoms with van der Waals surface area (Å²) in [6, 6.07) is 7.44. The Hall–Kier alpha value is -2.14. The second-order valence-corrected chi connectivity index (χ2v) is 4.51. The van der Waals surface area contributed by atoms with E-state index in [9.17, 15) is 4.79 Å². The molecule has 3 N–H and O–H groups in total. The first kappa shape index (κ1) is 13.3. The van der Waals surface area contributed by atoms with Crippen LogP contribution in [0.1, 0.15) is 21.6 Å². The summed E-state index contributed by atoms with van der Waals surface area (Å²) >= 11 is 0. The maximum atomic E-state index is 11.3. The van der Waals surface area contributed by atoms with E-state index in [0.717, 1.165) is 22.5 Å². The van der Waals surface area contributed by atoms with Gasteiger partial charge in [-0.3, -0.25) is 9.48 Å². The van der Waals surface area contributed by atoms with Crippen molar-refractivity contribution in [2.45, 2.75) is 20.4 Å². The first-order valence-corrected chi connectivity index (χ1v) is 6.09. The average molecular weight is 259 g/mol. The van der Waals surface area contributed by atoms with Gasteiger partial charge < -0.3 is 10.8 Å². The van der Waals surface area contributed by atoms with Crippen molar-refractivity contribution >= 4 is 5.91 Å². The van der Waals surface area contributed by atoms with E-state index in [1.54, 1.807) is 10.7 Å². The minimum Gasteiger partial charge on any atom is -0.394 e. The number of aryl methyl sites for hydroxylation is 2. The lowest BCUT2D eigenvalue weighted by Gasteiger charge is -2.04. The van der Waals surface area contributed by atoms with Gasteiger partial charge in [-0.2, -0.15) is 5.10 Å². The Balaban J connectivity index is 2.44. The molecule has 0 aliphatic rings. The molecule has 2 rings (SSSR count). The monoisotopic (exact) mass is 259 g/mol. The van der Waals surface area contributed by atoms with Crippen LogP contribution in [0.5, 0.6) is 0 Å². The molecule has 1 aromatic carbocycles. The van der Waals surface area contributed by atoms with E-state index in [1.807, 2.05) is 32.0 Å². The Morgan fingerprint density at radius 1 is 1.37 bits per heavy atom. The normalized spacial score (nSPS) is 10.7. The zero-order chi connectivity index (χ0) is 14.0. The number of aliphatic hydroxyl groups excluding tert-OH is 1. The van der Waals surface area contributed by atoms with Gasteiger partial charge in [0.15, 0.2) is 0 Å². The molecule has 19 heavy (non-hydrogen) atoms. The lowest BCUT2D eigenvalue weighted by molar-refractivity contribution is 0.1000. The lowest BCUT2D eigenvalue weighted by Crippen LogP contribution is -2.12. The third kappa shape index (κ3) is 2.66. The van der Waals surface area contributed by atoms with Crippen LogP contribution >= 0.6 is 0 Å². The topological polar surface area (TPSA) is 81.1 Å². The second-order valence-electron chi connectivity index (χ2n) is 4.51. The molecule has 0 bridgehead atoms. The molecule has 1 aromatic heterocycles. The Kier molecular flexibility index (Phi) is 3.66. The number of benzene rings is 1. The van der Waals surface area contributed by atoms with E-state index in [0.29, 0.717) is 12.1 Å². The number of amides is 1. The standard InChI is InChI=1S/C14H17N3O2/c1-9-3-4-11(8-12(9)14(15)19)13-7-10(2)17(16-13)5-6-18/h3-4,7-8,18H,5-6H2,1-2H3,(H2,15,19). The Labute approximate surface area is 111 Å². The van der Waals surface area contributed by atoms with Crippen molar-refractivity contribution in [2.75, 3.05) is 6.61 Å². The third-order valence-electron chi connectivity index (χ3n) is 3.09. The number of aliphatic hydroxyl groups is 1. The molecule has 0 fully saturated rings. The first-order valence-electron chi connectivity index (χ1n) is 6.09. The van der Waals surface area contributed by atoms with E-state index in [2.05, 4.69) is 5.10 Å². The quantitative estimate of drug-likeness (QED) is 0.867. The fraction of sp³-hybridized carbons (Fsp3) is 0.286. The van der Waals surface area contributed by atoms with Crippen molar-refractivity contribution in [3.8, 4) is 11.3 Å². The van der Waals surface area contributed by atoms with Crippen LogP contribution in [-0.4, -0.2) is 27.4 Å². The van der Waals surface area contributed by atoms with Gasteiger partial charge in [-0.05, 0) is 31.5 Å². The van der Waals surface area contributed by atoms with Crippen molar-refractivity contribution in [3.05, 3.63) is 41.1 Å². The molecular weight excluding hydrogens is 242 g/mol. The molecule has 0 spiro atoms. The van der Waals surface area contributed by atoms with Crippen LogP contribution in [0.4, 0.5) is 0 Å². The SMILES string of the molecule is Cc1ccc(-c2cc(C)n(CCO)n2)cc1C(N)=O. The largest absolute Gasteiger partial charge is 0.394 e. The number of hydrogen-bond donors (Lipinski definition) is 2. The number of carbonyl (C=O) groups excluding carboxylic acids is 1. The minimum absolute atomic E-state index is 0.0440. The van der Waals surface area contributed by atoms with E-state index in [1.165, 1.54) is 0 Å². The van der Waals surface area contributed by atoms with Crippen LogP contribution in [-0.2, 0) is 6.54 Å². The maximum absolute atomic E-state index is 11.3. The number of primary amides is 1. The van der Waals surface area contributed by atoms with Crippen molar-refractivity contribution in [1.29, 1.82) is 0 Å². The number of aromatic nitrogens is 2. The molecule has 0 saturated heterocycles. The van der Waals surface area contributed by atoms with Crippen molar-refractivity contribution in [1.82, 2.24) is 9.78 Å².